The molecule has 0 aromatic heterocycles. The average Bonchev–Trinajstić information content (AvgIpc) is 2.68. The third kappa shape index (κ3) is 3.24. The van der Waals surface area contributed by atoms with E-state index >= 15 is 0 Å². The molecular formula is C18H24N2O3. The van der Waals surface area contributed by atoms with Gasteiger partial charge in [-0.3, -0.25) is 9.59 Å². The third-order valence-electron chi connectivity index (χ3n) is 4.94. The molecule has 1 aromatic carbocycles. The van der Waals surface area contributed by atoms with E-state index in [1.165, 1.54) is 0 Å². The van der Waals surface area contributed by atoms with Gasteiger partial charge in [0, 0.05) is 20.1 Å². The number of amides is 2. The van der Waals surface area contributed by atoms with Gasteiger partial charge in [-0.05, 0) is 25.0 Å². The predicted molar refractivity (Wildman–Crippen MR) is 87.1 cm³/mol. The summed E-state index contributed by atoms with van der Waals surface area (Å²) in [5.74, 6) is -0.0525. The fourth-order valence-electron chi connectivity index (χ4n) is 3.37. The third-order valence-corrected chi connectivity index (χ3v) is 4.94. The van der Waals surface area contributed by atoms with Crippen molar-refractivity contribution in [1.82, 2.24) is 9.80 Å². The Morgan fingerprint density at radius 2 is 2.04 bits per heavy atom. The van der Waals surface area contributed by atoms with Crippen LogP contribution in [-0.4, -0.2) is 61.0 Å². The molecular weight excluding hydrogens is 292 g/mol. The van der Waals surface area contributed by atoms with Crippen LogP contribution in [0.1, 0.15) is 16.7 Å². The van der Waals surface area contributed by atoms with Gasteiger partial charge in [-0.15, -0.1) is 0 Å². The first-order chi connectivity index (χ1) is 11.0. The van der Waals surface area contributed by atoms with Crippen LogP contribution in [0.3, 0.4) is 0 Å². The summed E-state index contributed by atoms with van der Waals surface area (Å²) >= 11 is 0. The zero-order chi connectivity index (χ0) is 16.6. The number of hydrogen-bond acceptors (Lipinski definition) is 3. The SMILES string of the molecule is Cc1ccc(C)c(CC(=O)N2C[C@@H]3COC[C@H](C2)N(C)C3=O)c1. The van der Waals surface area contributed by atoms with Gasteiger partial charge in [0.2, 0.25) is 11.8 Å². The number of ether oxygens (including phenoxy) is 1. The minimum atomic E-state index is -0.241. The summed E-state index contributed by atoms with van der Waals surface area (Å²) in [6.45, 7) is 6.00. The van der Waals surface area contributed by atoms with Crippen molar-refractivity contribution in [3.63, 3.8) is 0 Å². The van der Waals surface area contributed by atoms with Gasteiger partial charge in [0.15, 0.2) is 0 Å². The molecule has 2 bridgehead atoms. The van der Waals surface area contributed by atoms with Gasteiger partial charge in [-0.25, -0.2) is 0 Å². The van der Waals surface area contributed by atoms with Crippen LogP contribution < -0.4 is 0 Å². The topological polar surface area (TPSA) is 49.9 Å². The second-order valence-corrected chi connectivity index (χ2v) is 6.74. The van der Waals surface area contributed by atoms with Gasteiger partial charge >= 0.3 is 0 Å². The Balaban J connectivity index is 1.77. The number of fused-ring (bicyclic) bond motifs is 3. The Labute approximate surface area is 137 Å². The van der Waals surface area contributed by atoms with E-state index in [-0.39, 0.29) is 23.8 Å². The number of benzene rings is 1. The van der Waals surface area contributed by atoms with E-state index < -0.39 is 0 Å². The maximum Gasteiger partial charge on any atom is 0.229 e. The molecule has 5 nitrogen and oxygen atoms in total. The highest BCUT2D eigenvalue weighted by molar-refractivity contribution is 5.83. The van der Waals surface area contributed by atoms with Crippen molar-refractivity contribution < 1.29 is 14.3 Å². The van der Waals surface area contributed by atoms with Crippen LogP contribution in [0.5, 0.6) is 0 Å². The average molecular weight is 316 g/mol. The van der Waals surface area contributed by atoms with Gasteiger partial charge in [0.1, 0.15) is 0 Å². The van der Waals surface area contributed by atoms with Gasteiger partial charge in [-0.2, -0.15) is 0 Å². The highest BCUT2D eigenvalue weighted by atomic mass is 16.5. The summed E-state index contributed by atoms with van der Waals surface area (Å²) in [6.07, 6.45) is 0.395. The number of likely N-dealkylation sites (N-methyl/N-ethyl adjacent to an activating group) is 1. The number of nitrogens with zero attached hydrogens (tertiary/aromatic N) is 2. The normalized spacial score (nSPS) is 24.6. The van der Waals surface area contributed by atoms with Crippen LogP contribution in [-0.2, 0) is 20.7 Å². The molecule has 0 saturated carbocycles. The molecule has 1 aromatic rings. The van der Waals surface area contributed by atoms with Gasteiger partial charge in [-0.1, -0.05) is 23.8 Å². The van der Waals surface area contributed by atoms with Crippen LogP contribution >= 0.6 is 0 Å². The van der Waals surface area contributed by atoms with E-state index in [0.717, 1.165) is 16.7 Å². The summed E-state index contributed by atoms with van der Waals surface area (Å²) < 4.78 is 5.58. The van der Waals surface area contributed by atoms with E-state index in [1.807, 2.05) is 25.8 Å². The molecule has 0 spiro atoms. The number of carbonyl (C=O) groups excluding carboxylic acids is 2. The first-order valence-corrected chi connectivity index (χ1v) is 8.14. The van der Waals surface area contributed by atoms with E-state index in [9.17, 15) is 9.59 Å². The number of carbonyl (C=O) groups is 2. The van der Waals surface area contributed by atoms with Crippen molar-refractivity contribution in [2.45, 2.75) is 26.3 Å². The predicted octanol–water partition coefficient (Wildman–Crippen LogP) is 1.16. The summed E-state index contributed by atoms with van der Waals surface area (Å²) in [4.78, 5) is 28.7. The molecule has 2 heterocycles. The lowest BCUT2D eigenvalue weighted by Crippen LogP contribution is -2.45. The summed E-state index contributed by atoms with van der Waals surface area (Å²) in [7, 11) is 1.81. The quantitative estimate of drug-likeness (QED) is 0.823. The number of rotatable bonds is 2. The molecule has 0 N–H and O–H groups in total. The van der Waals surface area contributed by atoms with E-state index in [4.69, 9.17) is 4.74 Å². The first kappa shape index (κ1) is 16.0. The molecule has 2 saturated heterocycles. The standard InChI is InChI=1S/C18H24N2O3/c1-12-4-5-13(2)14(6-12)7-17(21)20-8-15-10-23-11-16(9-20)19(3)18(15)22/h4-6,15-16H,7-11H2,1-3H3/t15-,16+/m1/s1. The zero-order valence-electron chi connectivity index (χ0n) is 14.0. The molecule has 2 amide bonds. The molecule has 2 aliphatic heterocycles. The van der Waals surface area contributed by atoms with Crippen molar-refractivity contribution in [1.29, 1.82) is 0 Å². The fourth-order valence-corrected chi connectivity index (χ4v) is 3.37. The molecule has 2 fully saturated rings. The van der Waals surface area contributed by atoms with Crippen LogP contribution in [0.4, 0.5) is 0 Å². The molecule has 2 atom stereocenters. The van der Waals surface area contributed by atoms with Gasteiger partial charge in [0.05, 0.1) is 31.6 Å². The molecule has 124 valence electrons. The minimum Gasteiger partial charge on any atom is -0.378 e. The monoisotopic (exact) mass is 316 g/mol. The van der Waals surface area contributed by atoms with Crippen LogP contribution in [0.2, 0.25) is 0 Å². The largest absolute Gasteiger partial charge is 0.378 e. The van der Waals surface area contributed by atoms with Crippen molar-refractivity contribution >= 4 is 11.8 Å². The van der Waals surface area contributed by atoms with Crippen molar-refractivity contribution in [2.24, 2.45) is 5.92 Å². The molecule has 2 aliphatic rings. The summed E-state index contributed by atoms with van der Waals surface area (Å²) in [5.41, 5.74) is 3.37. The first-order valence-electron chi connectivity index (χ1n) is 8.14. The zero-order valence-corrected chi connectivity index (χ0v) is 14.0. The molecule has 0 unspecified atom stereocenters. The Hall–Kier alpha value is -1.88. The number of hydrogen-bond donors (Lipinski definition) is 0. The van der Waals surface area contributed by atoms with Crippen molar-refractivity contribution in [3.8, 4) is 0 Å². The van der Waals surface area contributed by atoms with Crippen molar-refractivity contribution in [2.75, 3.05) is 33.4 Å². The van der Waals surface area contributed by atoms with Crippen LogP contribution in [0, 0.1) is 19.8 Å². The molecule has 5 heteroatoms. The van der Waals surface area contributed by atoms with Gasteiger partial charge < -0.3 is 14.5 Å². The molecule has 0 aliphatic carbocycles. The van der Waals surface area contributed by atoms with Crippen molar-refractivity contribution in [3.05, 3.63) is 34.9 Å². The lowest BCUT2D eigenvalue weighted by Gasteiger charge is -2.29. The Morgan fingerprint density at radius 1 is 1.26 bits per heavy atom. The second kappa shape index (κ2) is 6.32. The highest BCUT2D eigenvalue weighted by Gasteiger charge is 2.38. The minimum absolute atomic E-state index is 0.0439. The molecule has 3 rings (SSSR count). The second-order valence-electron chi connectivity index (χ2n) is 6.74. The Kier molecular flexibility index (Phi) is 4.39. The van der Waals surface area contributed by atoms with E-state index in [2.05, 4.69) is 18.2 Å². The van der Waals surface area contributed by atoms with E-state index in [1.54, 1.807) is 4.90 Å². The smallest absolute Gasteiger partial charge is 0.229 e. The molecule has 23 heavy (non-hydrogen) atoms. The summed E-state index contributed by atoms with van der Waals surface area (Å²) in [5, 5.41) is 0. The van der Waals surface area contributed by atoms with Crippen LogP contribution in [0.15, 0.2) is 18.2 Å². The van der Waals surface area contributed by atoms with E-state index in [0.29, 0.717) is 32.7 Å². The maximum absolute atomic E-state index is 12.8. The van der Waals surface area contributed by atoms with Gasteiger partial charge in [0.25, 0.3) is 0 Å². The van der Waals surface area contributed by atoms with Crippen LogP contribution in [0.25, 0.3) is 0 Å². The Bertz CT molecular complexity index is 629. The fraction of sp³-hybridized carbons (Fsp3) is 0.556. The summed E-state index contributed by atoms with van der Waals surface area (Å²) in [6, 6.07) is 6.15. The lowest BCUT2D eigenvalue weighted by atomic mass is 10.0. The maximum atomic E-state index is 12.8. The number of aryl methyl sites for hydroxylation is 2. The highest BCUT2D eigenvalue weighted by Crippen LogP contribution is 2.21. The Morgan fingerprint density at radius 3 is 2.83 bits per heavy atom. The molecule has 0 radical (unpaired) electrons. The lowest BCUT2D eigenvalue weighted by molar-refractivity contribution is -0.134.